The van der Waals surface area contributed by atoms with Gasteiger partial charge in [-0.05, 0) is 19.3 Å². The van der Waals surface area contributed by atoms with Crippen molar-refractivity contribution in [2.45, 2.75) is 124 Å². The molecule has 0 aliphatic carbocycles. The lowest BCUT2D eigenvalue weighted by atomic mass is 10.1. The van der Waals surface area contributed by atoms with Crippen molar-refractivity contribution in [2.75, 3.05) is 0 Å². The van der Waals surface area contributed by atoms with Crippen LogP contribution in [0.5, 0.6) is 0 Å². The summed E-state index contributed by atoms with van der Waals surface area (Å²) in [6.07, 6.45) is 24.0. The van der Waals surface area contributed by atoms with Crippen LogP contribution in [-0.4, -0.2) is 4.57 Å². The molecule has 2 nitrogen and oxygen atoms in total. The van der Waals surface area contributed by atoms with E-state index < -0.39 is 0 Å². The largest absolute Gasteiger partial charge is 0.256 e. The quantitative estimate of drug-likeness (QED) is 0.242. The summed E-state index contributed by atoms with van der Waals surface area (Å²) in [4.78, 5) is 0. The third-order valence-corrected chi connectivity index (χ3v) is 5.16. The average molecular weight is 336 g/mol. The number of imidazole rings is 1. The molecule has 0 aliphatic rings. The standard InChI is InChI=1S/C22H43N2/c1-4-7-9-10-11-12-13-14-15-16-17-19-24-21-20-23(18-8-5-2)22(24)6-3/h20-21H,4-19H2,1-3H3/q+1. The fourth-order valence-corrected chi connectivity index (χ4v) is 3.59. The van der Waals surface area contributed by atoms with Gasteiger partial charge in [0, 0.05) is 6.42 Å². The Balaban J connectivity index is 2.06. The van der Waals surface area contributed by atoms with E-state index in [2.05, 4.69) is 42.3 Å². The number of rotatable bonds is 16. The van der Waals surface area contributed by atoms with Gasteiger partial charge in [-0.25, -0.2) is 9.13 Å². The van der Waals surface area contributed by atoms with E-state index in [0.717, 1.165) is 6.42 Å². The van der Waals surface area contributed by atoms with Crippen LogP contribution >= 0.6 is 0 Å². The van der Waals surface area contributed by atoms with Gasteiger partial charge in [-0.3, -0.25) is 0 Å². The van der Waals surface area contributed by atoms with Crippen molar-refractivity contribution >= 4 is 0 Å². The van der Waals surface area contributed by atoms with Crippen LogP contribution in [0, 0.1) is 0 Å². The second-order valence-electron chi connectivity index (χ2n) is 7.34. The van der Waals surface area contributed by atoms with E-state index in [4.69, 9.17) is 0 Å². The van der Waals surface area contributed by atoms with Gasteiger partial charge in [-0.1, -0.05) is 85.0 Å². The average Bonchev–Trinajstić information content (AvgIpc) is 2.99. The second kappa shape index (κ2) is 14.5. The van der Waals surface area contributed by atoms with Gasteiger partial charge in [-0.15, -0.1) is 0 Å². The van der Waals surface area contributed by atoms with Crippen LogP contribution in [0.2, 0.25) is 0 Å². The van der Waals surface area contributed by atoms with Gasteiger partial charge in [0.2, 0.25) is 0 Å². The first-order chi connectivity index (χ1) is 11.8. The van der Waals surface area contributed by atoms with Crippen LogP contribution in [-0.2, 0) is 19.5 Å². The molecular weight excluding hydrogens is 292 g/mol. The molecule has 0 spiro atoms. The normalized spacial score (nSPS) is 11.3. The van der Waals surface area contributed by atoms with E-state index in [1.54, 1.807) is 0 Å². The third kappa shape index (κ3) is 8.89. The number of nitrogens with zero attached hydrogens (tertiary/aromatic N) is 2. The highest BCUT2D eigenvalue weighted by Crippen LogP contribution is 2.11. The minimum Gasteiger partial charge on any atom is -0.234 e. The summed E-state index contributed by atoms with van der Waals surface area (Å²) in [6, 6.07) is 0. The molecule has 0 unspecified atom stereocenters. The Morgan fingerprint density at radius 2 is 1.25 bits per heavy atom. The molecule has 0 saturated carbocycles. The smallest absolute Gasteiger partial charge is 0.234 e. The monoisotopic (exact) mass is 335 g/mol. The summed E-state index contributed by atoms with van der Waals surface area (Å²) in [5, 5.41) is 0. The zero-order valence-corrected chi connectivity index (χ0v) is 16.9. The molecule has 0 atom stereocenters. The van der Waals surface area contributed by atoms with Crippen LogP contribution < -0.4 is 4.57 Å². The first-order valence-electron chi connectivity index (χ1n) is 10.9. The first-order valence-corrected chi connectivity index (χ1v) is 10.9. The molecule has 2 heteroatoms. The molecule has 0 amide bonds. The summed E-state index contributed by atoms with van der Waals surface area (Å²) in [7, 11) is 0. The highest BCUT2D eigenvalue weighted by Gasteiger charge is 2.13. The maximum absolute atomic E-state index is 2.49. The minimum atomic E-state index is 1.15. The zero-order chi connectivity index (χ0) is 17.5. The van der Waals surface area contributed by atoms with Crippen molar-refractivity contribution in [3.05, 3.63) is 18.2 Å². The van der Waals surface area contributed by atoms with Crippen molar-refractivity contribution in [2.24, 2.45) is 0 Å². The molecule has 1 heterocycles. The highest BCUT2D eigenvalue weighted by molar-refractivity contribution is 4.82. The Morgan fingerprint density at radius 3 is 1.79 bits per heavy atom. The molecule has 1 aromatic heterocycles. The molecule has 0 fully saturated rings. The summed E-state index contributed by atoms with van der Waals surface area (Å²) in [5.74, 6) is 1.51. The molecular formula is C22H43N2+. The lowest BCUT2D eigenvalue weighted by Crippen LogP contribution is -2.37. The predicted molar refractivity (Wildman–Crippen MR) is 105 cm³/mol. The lowest BCUT2D eigenvalue weighted by molar-refractivity contribution is -0.704. The molecule has 0 radical (unpaired) electrons. The summed E-state index contributed by atoms with van der Waals surface area (Å²) >= 11 is 0. The summed E-state index contributed by atoms with van der Waals surface area (Å²) in [5.41, 5.74) is 0. The van der Waals surface area contributed by atoms with E-state index in [9.17, 15) is 0 Å². The van der Waals surface area contributed by atoms with Gasteiger partial charge in [0.25, 0.3) is 5.82 Å². The van der Waals surface area contributed by atoms with Crippen LogP contribution in [0.4, 0.5) is 0 Å². The Kier molecular flexibility index (Phi) is 12.9. The summed E-state index contributed by atoms with van der Waals surface area (Å²) < 4.78 is 4.95. The van der Waals surface area contributed by atoms with Crippen molar-refractivity contribution in [3.63, 3.8) is 0 Å². The Bertz CT molecular complexity index is 395. The van der Waals surface area contributed by atoms with Gasteiger partial charge in [0.1, 0.15) is 12.4 Å². The predicted octanol–water partition coefficient (Wildman–Crippen LogP) is 6.45. The van der Waals surface area contributed by atoms with Gasteiger partial charge in [0.15, 0.2) is 0 Å². The molecule has 0 bridgehead atoms. The van der Waals surface area contributed by atoms with Crippen LogP contribution in [0.3, 0.4) is 0 Å². The number of aryl methyl sites for hydroxylation is 2. The Hall–Kier alpha value is -0.790. The van der Waals surface area contributed by atoms with Crippen molar-refractivity contribution in [1.82, 2.24) is 4.57 Å². The molecule has 24 heavy (non-hydrogen) atoms. The molecule has 1 rings (SSSR count). The SMILES string of the molecule is CCCCCCCCCCCCC[n+]1ccn(CCCC)c1CC. The molecule has 140 valence electrons. The Labute approximate surface area is 151 Å². The van der Waals surface area contributed by atoms with Gasteiger partial charge in [0.05, 0.1) is 13.1 Å². The second-order valence-corrected chi connectivity index (χ2v) is 7.34. The fourth-order valence-electron chi connectivity index (χ4n) is 3.59. The van der Waals surface area contributed by atoms with Crippen molar-refractivity contribution in [3.8, 4) is 0 Å². The van der Waals surface area contributed by atoms with Gasteiger partial charge < -0.3 is 0 Å². The van der Waals surface area contributed by atoms with Gasteiger partial charge in [-0.2, -0.15) is 0 Å². The van der Waals surface area contributed by atoms with Crippen molar-refractivity contribution in [1.29, 1.82) is 0 Å². The minimum absolute atomic E-state index is 1.15. The van der Waals surface area contributed by atoms with E-state index in [1.165, 1.54) is 102 Å². The third-order valence-electron chi connectivity index (χ3n) is 5.16. The lowest BCUT2D eigenvalue weighted by Gasteiger charge is -2.04. The number of aromatic nitrogens is 2. The molecule has 0 aliphatic heterocycles. The maximum atomic E-state index is 2.49. The van der Waals surface area contributed by atoms with Gasteiger partial charge >= 0.3 is 0 Å². The molecule has 0 N–H and O–H groups in total. The van der Waals surface area contributed by atoms with Crippen LogP contribution in [0.15, 0.2) is 12.4 Å². The van der Waals surface area contributed by atoms with E-state index in [-0.39, 0.29) is 0 Å². The summed E-state index contributed by atoms with van der Waals surface area (Å²) in [6.45, 7) is 9.25. The number of unbranched alkanes of at least 4 members (excludes halogenated alkanes) is 11. The van der Waals surface area contributed by atoms with Crippen LogP contribution in [0.25, 0.3) is 0 Å². The van der Waals surface area contributed by atoms with E-state index >= 15 is 0 Å². The number of hydrogen-bond acceptors (Lipinski definition) is 0. The van der Waals surface area contributed by atoms with E-state index in [1.807, 2.05) is 0 Å². The maximum Gasteiger partial charge on any atom is 0.256 e. The fraction of sp³-hybridized carbons (Fsp3) is 0.864. The zero-order valence-electron chi connectivity index (χ0n) is 16.9. The highest BCUT2D eigenvalue weighted by atomic mass is 15.1. The Morgan fingerprint density at radius 1 is 0.708 bits per heavy atom. The topological polar surface area (TPSA) is 8.81 Å². The molecule has 0 saturated heterocycles. The molecule has 1 aromatic rings. The first kappa shape index (κ1) is 21.3. The molecule has 0 aromatic carbocycles. The number of hydrogen-bond donors (Lipinski definition) is 0. The van der Waals surface area contributed by atoms with E-state index in [0.29, 0.717) is 0 Å². The van der Waals surface area contributed by atoms with Crippen LogP contribution in [0.1, 0.15) is 110 Å². The van der Waals surface area contributed by atoms with Crippen molar-refractivity contribution < 1.29 is 4.57 Å².